The lowest BCUT2D eigenvalue weighted by atomic mass is 10.2. The molecule has 0 atom stereocenters. The first-order valence-electron chi connectivity index (χ1n) is 3.01. The largest absolute Gasteiger partial charge is 0.192 e. The summed E-state index contributed by atoms with van der Waals surface area (Å²) in [4.78, 5) is 0. The fraction of sp³-hybridized carbons (Fsp3) is 0. The van der Waals surface area contributed by atoms with Gasteiger partial charge in [-0.1, -0.05) is 11.6 Å². The average molecular weight is 195 g/mol. The lowest BCUT2D eigenvalue weighted by molar-refractivity contribution is 1.47. The SMILES string of the molecule is N#CC(C#N)=Cc1cscc1Cl. The second-order valence-electron chi connectivity index (χ2n) is 1.96. The summed E-state index contributed by atoms with van der Waals surface area (Å²) in [6.07, 6.45) is 1.47. The Labute approximate surface area is 78.9 Å². The van der Waals surface area contributed by atoms with Gasteiger partial charge >= 0.3 is 0 Å². The van der Waals surface area contributed by atoms with Crippen LogP contribution in [0.3, 0.4) is 0 Å². The van der Waals surface area contributed by atoms with Crippen molar-refractivity contribution in [1.82, 2.24) is 0 Å². The number of halogens is 1. The van der Waals surface area contributed by atoms with Crippen LogP contribution in [0.2, 0.25) is 5.02 Å². The van der Waals surface area contributed by atoms with E-state index in [0.717, 1.165) is 5.56 Å². The van der Waals surface area contributed by atoms with E-state index in [4.69, 9.17) is 22.1 Å². The Kier molecular flexibility index (Phi) is 2.88. The van der Waals surface area contributed by atoms with Crippen LogP contribution in [0.25, 0.3) is 6.08 Å². The molecule has 12 heavy (non-hydrogen) atoms. The van der Waals surface area contributed by atoms with Gasteiger partial charge in [0.1, 0.15) is 17.7 Å². The Hall–Kier alpha value is -1.29. The van der Waals surface area contributed by atoms with Crippen molar-refractivity contribution in [1.29, 1.82) is 10.5 Å². The fourth-order valence-electron chi connectivity index (χ4n) is 0.639. The summed E-state index contributed by atoms with van der Waals surface area (Å²) in [5.41, 5.74) is 0.787. The van der Waals surface area contributed by atoms with E-state index < -0.39 is 0 Å². The van der Waals surface area contributed by atoms with Crippen molar-refractivity contribution >= 4 is 29.0 Å². The molecule has 2 nitrogen and oxygen atoms in total. The van der Waals surface area contributed by atoms with Gasteiger partial charge in [-0.25, -0.2) is 0 Å². The number of nitrogens with zero attached hydrogens (tertiary/aromatic N) is 2. The van der Waals surface area contributed by atoms with E-state index in [2.05, 4.69) is 0 Å². The first-order chi connectivity index (χ1) is 5.77. The quantitative estimate of drug-likeness (QED) is 0.646. The van der Waals surface area contributed by atoms with Crippen molar-refractivity contribution in [3.8, 4) is 12.1 Å². The molecule has 0 aliphatic rings. The van der Waals surface area contributed by atoms with Crippen molar-refractivity contribution in [3.63, 3.8) is 0 Å². The highest BCUT2D eigenvalue weighted by Gasteiger charge is 1.99. The van der Waals surface area contributed by atoms with Crippen LogP contribution in [0.1, 0.15) is 5.56 Å². The minimum Gasteiger partial charge on any atom is -0.192 e. The molecule has 0 N–H and O–H groups in total. The van der Waals surface area contributed by atoms with Crippen LogP contribution >= 0.6 is 22.9 Å². The van der Waals surface area contributed by atoms with Crippen molar-refractivity contribution in [3.05, 3.63) is 26.9 Å². The summed E-state index contributed by atoms with van der Waals surface area (Å²) in [5.74, 6) is 0. The minimum atomic E-state index is 0.0651. The third-order valence-corrected chi connectivity index (χ3v) is 2.40. The van der Waals surface area contributed by atoms with Gasteiger partial charge in [0, 0.05) is 10.9 Å². The maximum atomic E-state index is 8.44. The molecule has 0 saturated carbocycles. The Balaban J connectivity index is 3.05. The van der Waals surface area contributed by atoms with E-state index in [9.17, 15) is 0 Å². The molecule has 0 radical (unpaired) electrons. The lowest BCUT2D eigenvalue weighted by Crippen LogP contribution is -1.71. The molecule has 0 amide bonds. The first-order valence-corrected chi connectivity index (χ1v) is 4.33. The number of nitriles is 2. The fourth-order valence-corrected chi connectivity index (χ4v) is 1.63. The van der Waals surface area contributed by atoms with Gasteiger partial charge in [0.2, 0.25) is 0 Å². The van der Waals surface area contributed by atoms with Crippen LogP contribution in [0, 0.1) is 22.7 Å². The molecule has 1 heterocycles. The summed E-state index contributed by atoms with van der Waals surface area (Å²) < 4.78 is 0. The number of rotatable bonds is 1. The highest BCUT2D eigenvalue weighted by atomic mass is 35.5. The molecular weight excluding hydrogens is 192 g/mol. The maximum absolute atomic E-state index is 8.44. The number of hydrogen-bond donors (Lipinski definition) is 0. The van der Waals surface area contributed by atoms with Crippen LogP contribution < -0.4 is 0 Å². The van der Waals surface area contributed by atoms with E-state index in [0.29, 0.717) is 5.02 Å². The van der Waals surface area contributed by atoms with Crippen LogP contribution in [0.4, 0.5) is 0 Å². The van der Waals surface area contributed by atoms with Crippen molar-refractivity contribution in [2.24, 2.45) is 0 Å². The molecule has 1 aromatic rings. The van der Waals surface area contributed by atoms with Gasteiger partial charge in [-0.15, -0.1) is 0 Å². The topological polar surface area (TPSA) is 47.6 Å². The zero-order valence-corrected chi connectivity index (χ0v) is 7.49. The molecule has 0 fully saturated rings. The minimum absolute atomic E-state index is 0.0651. The molecule has 4 heteroatoms. The van der Waals surface area contributed by atoms with Crippen LogP contribution in [0.5, 0.6) is 0 Å². The first kappa shape index (κ1) is 8.80. The van der Waals surface area contributed by atoms with Crippen LogP contribution in [-0.4, -0.2) is 0 Å². The molecular formula is C8H3ClN2S. The highest BCUT2D eigenvalue weighted by molar-refractivity contribution is 7.08. The molecule has 0 unspecified atom stereocenters. The third-order valence-electron chi connectivity index (χ3n) is 1.18. The molecule has 1 aromatic heterocycles. The summed E-state index contributed by atoms with van der Waals surface area (Å²) >= 11 is 7.18. The Morgan fingerprint density at radius 2 is 2.08 bits per heavy atom. The zero-order valence-electron chi connectivity index (χ0n) is 5.91. The molecule has 0 bridgehead atoms. The summed E-state index contributed by atoms with van der Waals surface area (Å²) in [6, 6.07) is 3.53. The predicted octanol–water partition coefficient (Wildman–Crippen LogP) is 2.83. The van der Waals surface area contributed by atoms with Gasteiger partial charge in [0.15, 0.2) is 0 Å². The van der Waals surface area contributed by atoms with Crippen LogP contribution in [0.15, 0.2) is 16.3 Å². The van der Waals surface area contributed by atoms with Gasteiger partial charge in [-0.2, -0.15) is 21.9 Å². The van der Waals surface area contributed by atoms with E-state index >= 15 is 0 Å². The van der Waals surface area contributed by atoms with Crippen molar-refractivity contribution in [2.45, 2.75) is 0 Å². The zero-order chi connectivity index (χ0) is 8.97. The monoisotopic (exact) mass is 194 g/mol. The Bertz CT molecular complexity index is 376. The molecule has 58 valence electrons. The second kappa shape index (κ2) is 3.92. The van der Waals surface area contributed by atoms with E-state index in [1.54, 1.807) is 22.9 Å². The molecule has 0 aliphatic carbocycles. The number of allylic oxidation sites excluding steroid dienone is 1. The lowest BCUT2D eigenvalue weighted by Gasteiger charge is -1.85. The van der Waals surface area contributed by atoms with Crippen molar-refractivity contribution < 1.29 is 0 Å². The maximum Gasteiger partial charge on any atom is 0.130 e. The number of thiophene rings is 1. The van der Waals surface area contributed by atoms with E-state index in [1.165, 1.54) is 17.4 Å². The van der Waals surface area contributed by atoms with Gasteiger partial charge < -0.3 is 0 Å². The van der Waals surface area contributed by atoms with Gasteiger partial charge in [0.25, 0.3) is 0 Å². The average Bonchev–Trinajstić information content (AvgIpc) is 2.47. The summed E-state index contributed by atoms with van der Waals surface area (Å²) in [5, 5.41) is 21.0. The van der Waals surface area contributed by atoms with E-state index in [-0.39, 0.29) is 5.57 Å². The van der Waals surface area contributed by atoms with Crippen molar-refractivity contribution in [2.75, 3.05) is 0 Å². The Morgan fingerprint density at radius 3 is 2.50 bits per heavy atom. The number of hydrogen-bond acceptors (Lipinski definition) is 3. The van der Waals surface area contributed by atoms with E-state index in [1.807, 2.05) is 0 Å². The molecule has 0 aliphatic heterocycles. The molecule has 0 saturated heterocycles. The summed E-state index contributed by atoms with van der Waals surface area (Å²) in [6.45, 7) is 0. The van der Waals surface area contributed by atoms with Crippen LogP contribution in [-0.2, 0) is 0 Å². The van der Waals surface area contributed by atoms with Gasteiger partial charge in [-0.3, -0.25) is 0 Å². The second-order valence-corrected chi connectivity index (χ2v) is 3.11. The summed E-state index contributed by atoms with van der Waals surface area (Å²) in [7, 11) is 0. The molecule has 0 aromatic carbocycles. The molecule has 1 rings (SSSR count). The molecule has 0 spiro atoms. The normalized spacial score (nSPS) is 8.25. The Morgan fingerprint density at radius 1 is 1.42 bits per heavy atom. The van der Waals surface area contributed by atoms with Gasteiger partial charge in [0.05, 0.1) is 5.02 Å². The predicted molar refractivity (Wildman–Crippen MR) is 48.5 cm³/mol. The van der Waals surface area contributed by atoms with Gasteiger partial charge in [-0.05, 0) is 11.5 Å². The highest BCUT2D eigenvalue weighted by Crippen LogP contribution is 2.22. The standard InChI is InChI=1S/C8H3ClN2S/c9-8-5-12-4-7(8)1-6(2-10)3-11/h1,4-5H. The third kappa shape index (κ3) is 1.85. The smallest absolute Gasteiger partial charge is 0.130 e.